The lowest BCUT2D eigenvalue weighted by Crippen LogP contribution is -2.15. The second-order valence-corrected chi connectivity index (χ2v) is 5.55. The first-order valence-corrected chi connectivity index (χ1v) is 7.76. The molecule has 0 saturated carbocycles. The Morgan fingerprint density at radius 2 is 1.90 bits per heavy atom. The molecule has 2 rings (SSSR count). The Kier molecular flexibility index (Phi) is 4.92. The van der Waals surface area contributed by atoms with Crippen molar-refractivity contribution in [3.8, 4) is 11.5 Å². The number of nitrogens with two attached hydrogens (primary N) is 1. The van der Waals surface area contributed by atoms with Crippen molar-refractivity contribution < 1.29 is 9.94 Å². The lowest BCUT2D eigenvalue weighted by molar-refractivity contribution is 0.318. The van der Waals surface area contributed by atoms with E-state index in [0.717, 1.165) is 10.6 Å². The van der Waals surface area contributed by atoms with Gasteiger partial charge in [0, 0.05) is 9.37 Å². The van der Waals surface area contributed by atoms with E-state index in [1.54, 1.807) is 23.9 Å². The van der Waals surface area contributed by atoms with Crippen molar-refractivity contribution in [2.75, 3.05) is 6.26 Å². The number of rotatable bonds is 4. The predicted molar refractivity (Wildman–Crippen MR) is 84.9 cm³/mol. The summed E-state index contributed by atoms with van der Waals surface area (Å²) in [6, 6.07) is 13.1. The number of amidine groups is 1. The van der Waals surface area contributed by atoms with Gasteiger partial charge in [0.05, 0.1) is 5.56 Å². The number of benzene rings is 2. The van der Waals surface area contributed by atoms with E-state index in [-0.39, 0.29) is 5.84 Å². The molecule has 0 aliphatic carbocycles. The fourth-order valence-electron chi connectivity index (χ4n) is 1.71. The van der Waals surface area contributed by atoms with Crippen molar-refractivity contribution in [3.05, 3.63) is 52.5 Å². The lowest BCUT2D eigenvalue weighted by Gasteiger charge is -2.13. The smallest absolute Gasteiger partial charge is 0.175 e. The first-order chi connectivity index (χ1) is 9.67. The van der Waals surface area contributed by atoms with Crippen LogP contribution in [0.15, 0.2) is 57.0 Å². The molecule has 104 valence electrons. The summed E-state index contributed by atoms with van der Waals surface area (Å²) in [7, 11) is 0. The first kappa shape index (κ1) is 14.7. The third-order valence-electron chi connectivity index (χ3n) is 2.63. The van der Waals surface area contributed by atoms with Gasteiger partial charge in [-0.05, 0) is 46.5 Å². The van der Waals surface area contributed by atoms with E-state index in [1.165, 1.54) is 0 Å². The summed E-state index contributed by atoms with van der Waals surface area (Å²) in [6.45, 7) is 0. The molecule has 0 atom stereocenters. The van der Waals surface area contributed by atoms with E-state index in [2.05, 4.69) is 21.1 Å². The summed E-state index contributed by atoms with van der Waals surface area (Å²) in [5.74, 6) is 1.25. The molecule has 0 aliphatic heterocycles. The highest BCUT2D eigenvalue weighted by atomic mass is 79.9. The topological polar surface area (TPSA) is 67.8 Å². The molecule has 4 nitrogen and oxygen atoms in total. The molecule has 0 spiro atoms. The normalized spacial score (nSPS) is 11.4. The third kappa shape index (κ3) is 3.08. The maximum Gasteiger partial charge on any atom is 0.175 e. The molecule has 3 N–H and O–H groups in total. The van der Waals surface area contributed by atoms with Gasteiger partial charge in [0.2, 0.25) is 0 Å². The van der Waals surface area contributed by atoms with Crippen molar-refractivity contribution in [1.82, 2.24) is 0 Å². The predicted octanol–water partition coefficient (Wildman–Crippen LogP) is 4.06. The summed E-state index contributed by atoms with van der Waals surface area (Å²) in [6.07, 6.45) is 1.98. The van der Waals surface area contributed by atoms with Crippen LogP contribution in [-0.2, 0) is 0 Å². The molecule has 0 amide bonds. The van der Waals surface area contributed by atoms with Gasteiger partial charge >= 0.3 is 0 Å². The number of thioether (sulfide) groups is 1. The Hall–Kier alpha value is -1.66. The second-order valence-electron chi connectivity index (χ2n) is 3.85. The second kappa shape index (κ2) is 6.67. The lowest BCUT2D eigenvalue weighted by atomic mass is 10.2. The molecule has 0 radical (unpaired) electrons. The van der Waals surface area contributed by atoms with Crippen LogP contribution >= 0.6 is 27.7 Å². The number of nitrogens with zero attached hydrogens (tertiary/aromatic N) is 1. The zero-order valence-corrected chi connectivity index (χ0v) is 13.1. The summed E-state index contributed by atoms with van der Waals surface area (Å²) in [5.41, 5.74) is 6.22. The van der Waals surface area contributed by atoms with Gasteiger partial charge in [-0.25, -0.2) is 0 Å². The van der Waals surface area contributed by atoms with Crippen LogP contribution in [0.2, 0.25) is 0 Å². The molecular weight excluding hydrogens is 340 g/mol. The Labute approximate surface area is 129 Å². The standard InChI is InChI=1S/C14H13BrN2O2S/c1-20-12-8-3-2-6-10(12)19-11-7-4-5-9(15)13(11)14(16)17-18/h2-8,18H,1H3,(H2,16,17). The molecule has 6 heteroatoms. The first-order valence-electron chi connectivity index (χ1n) is 5.74. The fourth-order valence-corrected chi connectivity index (χ4v) is 2.79. The van der Waals surface area contributed by atoms with Gasteiger partial charge in [-0.1, -0.05) is 23.4 Å². The Bertz CT molecular complexity index is 647. The number of ether oxygens (including phenoxy) is 1. The summed E-state index contributed by atoms with van der Waals surface area (Å²) >= 11 is 4.97. The van der Waals surface area contributed by atoms with Crippen molar-refractivity contribution in [1.29, 1.82) is 0 Å². The number of halogens is 1. The quantitative estimate of drug-likeness (QED) is 0.286. The molecular formula is C14H13BrN2O2S. The molecule has 0 aliphatic rings. The largest absolute Gasteiger partial charge is 0.455 e. The van der Waals surface area contributed by atoms with Crippen molar-refractivity contribution in [2.24, 2.45) is 10.9 Å². The molecule has 0 heterocycles. The minimum Gasteiger partial charge on any atom is -0.455 e. The molecule has 20 heavy (non-hydrogen) atoms. The van der Waals surface area contributed by atoms with E-state index >= 15 is 0 Å². The van der Waals surface area contributed by atoms with Gasteiger partial charge in [0.25, 0.3) is 0 Å². The Morgan fingerprint density at radius 1 is 1.20 bits per heavy atom. The summed E-state index contributed by atoms with van der Waals surface area (Å²) in [4.78, 5) is 1.01. The van der Waals surface area contributed by atoms with Gasteiger partial charge in [0.15, 0.2) is 5.84 Å². The van der Waals surface area contributed by atoms with Crippen molar-refractivity contribution in [3.63, 3.8) is 0 Å². The molecule has 2 aromatic rings. The SMILES string of the molecule is CSc1ccccc1Oc1cccc(Br)c1/C(N)=N/O. The van der Waals surface area contributed by atoms with Gasteiger partial charge in [-0.2, -0.15) is 0 Å². The number of hydrogen-bond acceptors (Lipinski definition) is 4. The maximum absolute atomic E-state index is 8.89. The Balaban J connectivity index is 2.46. The van der Waals surface area contributed by atoms with E-state index in [4.69, 9.17) is 15.7 Å². The molecule has 0 bridgehead atoms. The van der Waals surface area contributed by atoms with Gasteiger partial charge in [0.1, 0.15) is 11.5 Å². The van der Waals surface area contributed by atoms with Crippen LogP contribution in [-0.4, -0.2) is 17.3 Å². The van der Waals surface area contributed by atoms with Crippen LogP contribution in [0.3, 0.4) is 0 Å². The molecule has 2 aromatic carbocycles. The number of hydrogen-bond donors (Lipinski definition) is 2. The van der Waals surface area contributed by atoms with Crippen LogP contribution in [0.1, 0.15) is 5.56 Å². The highest BCUT2D eigenvalue weighted by Crippen LogP contribution is 2.35. The van der Waals surface area contributed by atoms with Crippen LogP contribution < -0.4 is 10.5 Å². The van der Waals surface area contributed by atoms with Crippen LogP contribution in [0.5, 0.6) is 11.5 Å². The van der Waals surface area contributed by atoms with Crippen molar-refractivity contribution >= 4 is 33.5 Å². The third-order valence-corrected chi connectivity index (χ3v) is 4.07. The van der Waals surface area contributed by atoms with Gasteiger partial charge in [-0.15, -0.1) is 11.8 Å². The Morgan fingerprint density at radius 3 is 2.60 bits per heavy atom. The monoisotopic (exact) mass is 352 g/mol. The average molecular weight is 353 g/mol. The fraction of sp³-hybridized carbons (Fsp3) is 0.0714. The van der Waals surface area contributed by atoms with E-state index in [0.29, 0.717) is 15.8 Å². The molecule has 0 unspecified atom stereocenters. The zero-order valence-electron chi connectivity index (χ0n) is 10.7. The van der Waals surface area contributed by atoms with Gasteiger partial charge < -0.3 is 15.7 Å². The average Bonchev–Trinajstić information content (AvgIpc) is 2.47. The molecule has 0 aromatic heterocycles. The maximum atomic E-state index is 8.89. The number of para-hydroxylation sites is 1. The van der Waals surface area contributed by atoms with Crippen LogP contribution in [0.25, 0.3) is 0 Å². The minimum atomic E-state index is -0.00546. The highest BCUT2D eigenvalue weighted by molar-refractivity contribution is 9.10. The van der Waals surface area contributed by atoms with Gasteiger partial charge in [-0.3, -0.25) is 0 Å². The van der Waals surface area contributed by atoms with Crippen LogP contribution in [0, 0.1) is 0 Å². The number of oxime groups is 1. The van der Waals surface area contributed by atoms with Crippen LogP contribution in [0.4, 0.5) is 0 Å². The minimum absolute atomic E-state index is 0.00546. The van der Waals surface area contributed by atoms with E-state index in [1.807, 2.05) is 36.6 Å². The zero-order chi connectivity index (χ0) is 14.5. The van der Waals surface area contributed by atoms with E-state index < -0.39 is 0 Å². The summed E-state index contributed by atoms with van der Waals surface area (Å²) in [5, 5.41) is 11.9. The summed E-state index contributed by atoms with van der Waals surface area (Å²) < 4.78 is 6.61. The highest BCUT2D eigenvalue weighted by Gasteiger charge is 2.14. The van der Waals surface area contributed by atoms with E-state index in [9.17, 15) is 0 Å². The molecule has 0 fully saturated rings. The van der Waals surface area contributed by atoms with Crippen molar-refractivity contribution in [2.45, 2.75) is 4.90 Å². The molecule has 0 saturated heterocycles.